The number of piperazine rings is 1. The van der Waals surface area contributed by atoms with Gasteiger partial charge >= 0.3 is 0 Å². The summed E-state index contributed by atoms with van der Waals surface area (Å²) in [5.41, 5.74) is 5.70. The third kappa shape index (κ3) is 5.53. The van der Waals surface area contributed by atoms with Crippen molar-refractivity contribution in [2.75, 3.05) is 32.7 Å². The summed E-state index contributed by atoms with van der Waals surface area (Å²) in [6, 6.07) is 0.546. The van der Waals surface area contributed by atoms with Crippen molar-refractivity contribution in [1.82, 2.24) is 15.5 Å². The van der Waals surface area contributed by atoms with Gasteiger partial charge in [-0.05, 0) is 12.8 Å². The number of nitrogens with zero attached hydrogens (tertiary/aromatic N) is 2. The highest BCUT2D eigenvalue weighted by Crippen LogP contribution is 2.17. The quantitative estimate of drug-likeness (QED) is 0.348. The zero-order chi connectivity index (χ0) is 11.4. The van der Waals surface area contributed by atoms with E-state index in [9.17, 15) is 4.79 Å². The van der Waals surface area contributed by atoms with Crippen LogP contribution in [0.5, 0.6) is 0 Å². The van der Waals surface area contributed by atoms with Gasteiger partial charge in [-0.1, -0.05) is 0 Å². The van der Waals surface area contributed by atoms with Gasteiger partial charge in [0.1, 0.15) is 0 Å². The maximum Gasteiger partial charge on any atom is 0.234 e. The van der Waals surface area contributed by atoms with Gasteiger partial charge in [0.15, 0.2) is 5.96 Å². The average molecular weight is 353 g/mol. The van der Waals surface area contributed by atoms with Crippen LogP contribution >= 0.6 is 24.0 Å². The van der Waals surface area contributed by atoms with Crippen LogP contribution in [0.1, 0.15) is 12.8 Å². The molecule has 0 spiro atoms. The van der Waals surface area contributed by atoms with Crippen LogP contribution in [0.25, 0.3) is 0 Å². The molecule has 0 radical (unpaired) electrons. The lowest BCUT2D eigenvalue weighted by atomic mass is 10.3. The number of hydrogen-bond donors (Lipinski definition) is 3. The summed E-state index contributed by atoms with van der Waals surface area (Å²) in [4.78, 5) is 17.4. The van der Waals surface area contributed by atoms with Crippen LogP contribution in [0, 0.1) is 0 Å². The van der Waals surface area contributed by atoms with E-state index in [0.717, 1.165) is 19.6 Å². The number of hydrogen-bond acceptors (Lipinski definition) is 3. The lowest BCUT2D eigenvalue weighted by molar-refractivity contribution is -0.124. The molecule has 0 aromatic carbocycles. The average Bonchev–Trinajstić information content (AvgIpc) is 3.02. The minimum atomic E-state index is 0. The number of halogens is 1. The molecule has 6 nitrogen and oxygen atoms in total. The normalized spacial score (nSPS) is 21.6. The molecular weight excluding hydrogens is 333 g/mol. The second-order valence-electron chi connectivity index (χ2n) is 4.31. The van der Waals surface area contributed by atoms with Gasteiger partial charge in [0.05, 0.1) is 13.1 Å². The molecule has 0 unspecified atom stereocenters. The van der Waals surface area contributed by atoms with Crippen LogP contribution in [0.15, 0.2) is 4.99 Å². The smallest absolute Gasteiger partial charge is 0.234 e. The summed E-state index contributed by atoms with van der Waals surface area (Å²) in [5.74, 6) is 0.628. The molecule has 98 valence electrons. The Bertz CT molecular complexity index is 292. The zero-order valence-electron chi connectivity index (χ0n) is 9.82. The van der Waals surface area contributed by atoms with Crippen LogP contribution in [-0.4, -0.2) is 55.5 Å². The van der Waals surface area contributed by atoms with E-state index in [0.29, 0.717) is 25.1 Å². The number of amides is 1. The number of carbonyl (C=O) groups is 1. The Morgan fingerprint density at radius 3 is 3.00 bits per heavy atom. The Balaban J connectivity index is 0.00000144. The molecule has 17 heavy (non-hydrogen) atoms. The SMILES string of the molecule is I.NC(=NCCN1CCNC(=O)C1)NC1CC1. The molecular formula is C10H20IN5O. The molecule has 0 aromatic heterocycles. The molecule has 4 N–H and O–H groups in total. The standard InChI is InChI=1S/C10H19N5O.HI/c11-10(14-8-1-2-8)13-4-6-15-5-3-12-9(16)7-15;/h8H,1-7H2,(H,12,16)(H3,11,13,14);1H. The summed E-state index contributed by atoms with van der Waals surface area (Å²) in [5, 5.41) is 5.92. The molecule has 1 saturated heterocycles. The fourth-order valence-electron chi connectivity index (χ4n) is 1.68. The molecule has 2 fully saturated rings. The minimum Gasteiger partial charge on any atom is -0.370 e. The lowest BCUT2D eigenvalue weighted by Gasteiger charge is -2.25. The number of nitrogens with two attached hydrogens (primary N) is 1. The molecule has 0 bridgehead atoms. The van der Waals surface area contributed by atoms with Gasteiger partial charge in [0.25, 0.3) is 0 Å². The molecule has 2 rings (SSSR count). The summed E-state index contributed by atoms with van der Waals surface area (Å²) in [7, 11) is 0. The van der Waals surface area contributed by atoms with E-state index in [1.165, 1.54) is 12.8 Å². The van der Waals surface area contributed by atoms with Gasteiger partial charge in [-0.15, -0.1) is 24.0 Å². The second kappa shape index (κ2) is 7.00. The van der Waals surface area contributed by atoms with Crippen molar-refractivity contribution in [2.45, 2.75) is 18.9 Å². The van der Waals surface area contributed by atoms with Crippen molar-refractivity contribution in [1.29, 1.82) is 0 Å². The molecule has 0 atom stereocenters. The van der Waals surface area contributed by atoms with Crippen LogP contribution < -0.4 is 16.4 Å². The largest absolute Gasteiger partial charge is 0.370 e. The zero-order valence-corrected chi connectivity index (χ0v) is 12.1. The van der Waals surface area contributed by atoms with Crippen molar-refractivity contribution in [3.05, 3.63) is 0 Å². The topological polar surface area (TPSA) is 82.8 Å². The minimum absolute atomic E-state index is 0. The van der Waals surface area contributed by atoms with Crippen LogP contribution in [0.4, 0.5) is 0 Å². The van der Waals surface area contributed by atoms with E-state index in [-0.39, 0.29) is 29.9 Å². The Morgan fingerprint density at radius 1 is 1.59 bits per heavy atom. The van der Waals surface area contributed by atoms with E-state index in [1.54, 1.807) is 0 Å². The Morgan fingerprint density at radius 2 is 2.35 bits per heavy atom. The van der Waals surface area contributed by atoms with E-state index in [1.807, 2.05) is 0 Å². The lowest BCUT2D eigenvalue weighted by Crippen LogP contribution is -2.48. The highest BCUT2D eigenvalue weighted by atomic mass is 127. The maximum atomic E-state index is 11.1. The van der Waals surface area contributed by atoms with Gasteiger partial charge < -0.3 is 16.4 Å². The van der Waals surface area contributed by atoms with E-state index < -0.39 is 0 Å². The number of aliphatic imine (C=N–C) groups is 1. The van der Waals surface area contributed by atoms with E-state index in [4.69, 9.17) is 5.73 Å². The van der Waals surface area contributed by atoms with Crippen molar-refractivity contribution in [2.24, 2.45) is 10.7 Å². The molecule has 0 aromatic rings. The highest BCUT2D eigenvalue weighted by molar-refractivity contribution is 14.0. The first-order chi connectivity index (χ1) is 7.74. The maximum absolute atomic E-state index is 11.1. The predicted molar refractivity (Wildman–Crippen MR) is 77.5 cm³/mol. The Kier molecular flexibility index (Phi) is 5.96. The first-order valence-electron chi connectivity index (χ1n) is 5.79. The van der Waals surface area contributed by atoms with E-state index in [2.05, 4.69) is 20.5 Å². The summed E-state index contributed by atoms with van der Waals surface area (Å²) >= 11 is 0. The molecule has 2 aliphatic rings. The third-order valence-electron chi connectivity index (χ3n) is 2.75. The summed E-state index contributed by atoms with van der Waals surface area (Å²) in [6.07, 6.45) is 2.39. The second-order valence-corrected chi connectivity index (χ2v) is 4.31. The predicted octanol–water partition coefficient (Wildman–Crippen LogP) is -0.897. The first kappa shape index (κ1) is 14.5. The van der Waals surface area contributed by atoms with Gasteiger partial charge in [0.2, 0.25) is 5.91 Å². The third-order valence-corrected chi connectivity index (χ3v) is 2.75. The highest BCUT2D eigenvalue weighted by Gasteiger charge is 2.21. The van der Waals surface area contributed by atoms with Gasteiger partial charge in [-0.2, -0.15) is 0 Å². The van der Waals surface area contributed by atoms with Crippen molar-refractivity contribution >= 4 is 35.8 Å². The number of carbonyl (C=O) groups excluding carboxylic acids is 1. The number of rotatable bonds is 4. The summed E-state index contributed by atoms with van der Waals surface area (Å²) < 4.78 is 0. The van der Waals surface area contributed by atoms with Crippen molar-refractivity contribution in [3.63, 3.8) is 0 Å². The summed E-state index contributed by atoms with van der Waals surface area (Å²) in [6.45, 7) is 3.56. The Labute approximate surface area is 118 Å². The first-order valence-corrected chi connectivity index (χ1v) is 5.79. The van der Waals surface area contributed by atoms with Crippen LogP contribution in [-0.2, 0) is 4.79 Å². The number of guanidine groups is 1. The van der Waals surface area contributed by atoms with Crippen LogP contribution in [0.2, 0.25) is 0 Å². The van der Waals surface area contributed by atoms with Gasteiger partial charge in [-0.25, -0.2) is 0 Å². The van der Waals surface area contributed by atoms with Crippen molar-refractivity contribution < 1.29 is 4.79 Å². The number of nitrogens with one attached hydrogen (secondary N) is 2. The fraction of sp³-hybridized carbons (Fsp3) is 0.800. The van der Waals surface area contributed by atoms with E-state index >= 15 is 0 Å². The molecule has 1 saturated carbocycles. The monoisotopic (exact) mass is 353 g/mol. The van der Waals surface area contributed by atoms with Gasteiger partial charge in [-0.3, -0.25) is 14.7 Å². The Hall–Kier alpha value is -0.570. The van der Waals surface area contributed by atoms with Gasteiger partial charge in [0, 0.05) is 25.7 Å². The molecule has 1 aliphatic carbocycles. The molecule has 7 heteroatoms. The van der Waals surface area contributed by atoms with Crippen molar-refractivity contribution in [3.8, 4) is 0 Å². The molecule has 1 amide bonds. The molecule has 1 heterocycles. The fourth-order valence-corrected chi connectivity index (χ4v) is 1.68. The molecule has 1 aliphatic heterocycles. The van der Waals surface area contributed by atoms with Crippen LogP contribution in [0.3, 0.4) is 0 Å².